The molecule has 0 aliphatic heterocycles. The highest BCUT2D eigenvalue weighted by Gasteiger charge is 2.09. The number of halogens is 1. The third kappa shape index (κ3) is 5.39. The van der Waals surface area contributed by atoms with Gasteiger partial charge in [0.2, 0.25) is 5.91 Å². The van der Waals surface area contributed by atoms with Crippen LogP contribution in [0.15, 0.2) is 41.8 Å². The maximum Gasteiger partial charge on any atom is 0.279 e. The van der Waals surface area contributed by atoms with E-state index in [-0.39, 0.29) is 24.8 Å². The van der Waals surface area contributed by atoms with E-state index in [1.807, 2.05) is 0 Å². The molecule has 2 rings (SSSR count). The number of nitrogens with one attached hydrogen (secondary N) is 3. The minimum atomic E-state index is -0.397. The van der Waals surface area contributed by atoms with Crippen LogP contribution in [0.25, 0.3) is 0 Å². The summed E-state index contributed by atoms with van der Waals surface area (Å²) in [5, 5.41) is 4.92. The number of hydrogen-bond donors (Lipinski definition) is 3. The second kappa shape index (κ2) is 8.30. The second-order valence-corrected chi connectivity index (χ2v) is 5.88. The van der Waals surface area contributed by atoms with Gasteiger partial charge < -0.3 is 5.32 Å². The van der Waals surface area contributed by atoms with Crippen LogP contribution in [0.3, 0.4) is 0 Å². The lowest BCUT2D eigenvalue weighted by Gasteiger charge is -2.07. The number of hydrazine groups is 1. The predicted molar refractivity (Wildman–Crippen MR) is 88.3 cm³/mol. The minimum Gasteiger partial charge on any atom is -0.352 e. The van der Waals surface area contributed by atoms with Crippen LogP contribution in [0.4, 0.5) is 0 Å². The molecule has 0 aliphatic rings. The summed E-state index contributed by atoms with van der Waals surface area (Å²) < 4.78 is 0. The van der Waals surface area contributed by atoms with Crippen LogP contribution >= 0.6 is 22.9 Å². The van der Waals surface area contributed by atoms with Crippen molar-refractivity contribution in [2.24, 2.45) is 0 Å². The van der Waals surface area contributed by atoms with Crippen molar-refractivity contribution in [3.05, 3.63) is 57.2 Å². The van der Waals surface area contributed by atoms with Crippen LogP contribution in [0.5, 0.6) is 0 Å². The van der Waals surface area contributed by atoms with Gasteiger partial charge in [0.1, 0.15) is 0 Å². The summed E-state index contributed by atoms with van der Waals surface area (Å²) in [5.41, 5.74) is 5.06. The van der Waals surface area contributed by atoms with Gasteiger partial charge >= 0.3 is 0 Å². The van der Waals surface area contributed by atoms with Gasteiger partial charge in [0.15, 0.2) is 0 Å². The summed E-state index contributed by atoms with van der Waals surface area (Å²) >= 11 is 7.01. The highest BCUT2D eigenvalue weighted by molar-refractivity contribution is 7.12. The largest absolute Gasteiger partial charge is 0.352 e. The SMILES string of the molecule is O=C(CCNC(=O)c1ccc(Cl)cc1)NNC(=O)c1cccs1. The Balaban J connectivity index is 1.67. The Morgan fingerprint density at radius 2 is 1.74 bits per heavy atom. The van der Waals surface area contributed by atoms with Gasteiger partial charge in [-0.05, 0) is 35.7 Å². The smallest absolute Gasteiger partial charge is 0.279 e. The summed E-state index contributed by atoms with van der Waals surface area (Å²) in [6.07, 6.45) is 0.0457. The van der Waals surface area contributed by atoms with Crippen molar-refractivity contribution in [3.8, 4) is 0 Å². The highest BCUT2D eigenvalue weighted by atomic mass is 35.5. The molecule has 0 saturated carbocycles. The van der Waals surface area contributed by atoms with Gasteiger partial charge in [-0.1, -0.05) is 17.7 Å². The Hall–Kier alpha value is -2.38. The van der Waals surface area contributed by atoms with Crippen molar-refractivity contribution >= 4 is 40.7 Å². The fourth-order valence-corrected chi connectivity index (χ4v) is 2.40. The quantitative estimate of drug-likeness (QED) is 0.720. The predicted octanol–water partition coefficient (Wildman–Crippen LogP) is 1.98. The number of carbonyl (C=O) groups excluding carboxylic acids is 3. The first-order valence-corrected chi connectivity index (χ1v) is 7.98. The maximum absolute atomic E-state index is 11.8. The summed E-state index contributed by atoms with van der Waals surface area (Å²) in [6, 6.07) is 9.82. The monoisotopic (exact) mass is 351 g/mol. The van der Waals surface area contributed by atoms with E-state index in [2.05, 4.69) is 16.2 Å². The molecular formula is C15H14ClN3O3S. The first-order chi connectivity index (χ1) is 11.1. The fraction of sp³-hybridized carbons (Fsp3) is 0.133. The van der Waals surface area contributed by atoms with Crippen LogP contribution in [-0.2, 0) is 4.79 Å². The molecule has 0 unspecified atom stereocenters. The van der Waals surface area contributed by atoms with Gasteiger partial charge in [0.25, 0.3) is 11.8 Å². The second-order valence-electron chi connectivity index (χ2n) is 4.49. The van der Waals surface area contributed by atoms with E-state index in [4.69, 9.17) is 11.6 Å². The van der Waals surface area contributed by atoms with Crippen molar-refractivity contribution in [1.82, 2.24) is 16.2 Å². The molecule has 120 valence electrons. The van der Waals surface area contributed by atoms with E-state index in [0.717, 1.165) is 0 Å². The van der Waals surface area contributed by atoms with Gasteiger partial charge in [-0.25, -0.2) is 0 Å². The molecular weight excluding hydrogens is 338 g/mol. The van der Waals surface area contributed by atoms with Crippen LogP contribution in [-0.4, -0.2) is 24.3 Å². The maximum atomic E-state index is 11.8. The molecule has 0 atom stereocenters. The van der Waals surface area contributed by atoms with Gasteiger partial charge in [-0.3, -0.25) is 25.2 Å². The van der Waals surface area contributed by atoms with Crippen molar-refractivity contribution in [1.29, 1.82) is 0 Å². The lowest BCUT2D eigenvalue weighted by molar-refractivity contribution is -0.121. The molecule has 23 heavy (non-hydrogen) atoms. The molecule has 1 heterocycles. The van der Waals surface area contributed by atoms with Crippen molar-refractivity contribution in [2.45, 2.75) is 6.42 Å². The summed E-state index contributed by atoms with van der Waals surface area (Å²) in [5.74, 6) is -1.07. The summed E-state index contributed by atoms with van der Waals surface area (Å²) in [6.45, 7) is 0.155. The molecule has 6 nitrogen and oxygen atoms in total. The van der Waals surface area contributed by atoms with Gasteiger partial charge in [0.05, 0.1) is 4.88 Å². The number of carbonyl (C=O) groups is 3. The van der Waals surface area contributed by atoms with E-state index < -0.39 is 5.91 Å². The molecule has 0 aliphatic carbocycles. The van der Waals surface area contributed by atoms with E-state index in [0.29, 0.717) is 15.5 Å². The Kier molecular flexibility index (Phi) is 6.13. The lowest BCUT2D eigenvalue weighted by atomic mass is 10.2. The molecule has 0 spiro atoms. The first-order valence-electron chi connectivity index (χ1n) is 6.72. The van der Waals surface area contributed by atoms with Gasteiger partial charge in [-0.2, -0.15) is 0 Å². The van der Waals surface area contributed by atoms with Crippen molar-refractivity contribution in [2.75, 3.05) is 6.54 Å². The molecule has 0 saturated heterocycles. The molecule has 3 amide bonds. The molecule has 3 N–H and O–H groups in total. The number of thiophene rings is 1. The first kappa shape index (κ1) is 17.0. The van der Waals surface area contributed by atoms with E-state index in [1.54, 1.807) is 41.8 Å². The molecule has 2 aromatic rings. The van der Waals surface area contributed by atoms with E-state index >= 15 is 0 Å². The van der Waals surface area contributed by atoms with Gasteiger partial charge in [0, 0.05) is 23.6 Å². The number of rotatable bonds is 5. The molecule has 1 aromatic carbocycles. The average Bonchev–Trinajstić information content (AvgIpc) is 3.07. The Bertz CT molecular complexity index is 687. The topological polar surface area (TPSA) is 87.3 Å². The Labute approximate surface area is 141 Å². The highest BCUT2D eigenvalue weighted by Crippen LogP contribution is 2.09. The molecule has 0 radical (unpaired) electrons. The molecule has 0 bridgehead atoms. The van der Waals surface area contributed by atoms with Crippen molar-refractivity contribution < 1.29 is 14.4 Å². The zero-order chi connectivity index (χ0) is 16.7. The molecule has 0 fully saturated rings. The van der Waals surface area contributed by atoms with Crippen LogP contribution < -0.4 is 16.2 Å². The van der Waals surface area contributed by atoms with E-state index in [9.17, 15) is 14.4 Å². The third-order valence-corrected chi connectivity index (χ3v) is 3.93. The number of hydrogen-bond acceptors (Lipinski definition) is 4. The fourth-order valence-electron chi connectivity index (χ4n) is 1.65. The van der Waals surface area contributed by atoms with Crippen LogP contribution in [0.2, 0.25) is 5.02 Å². The summed E-state index contributed by atoms with van der Waals surface area (Å²) in [4.78, 5) is 35.5. The van der Waals surface area contributed by atoms with Crippen LogP contribution in [0, 0.1) is 0 Å². The standard InChI is InChI=1S/C15H14ClN3O3S/c16-11-5-3-10(4-6-11)14(21)17-8-7-13(20)18-19-15(22)12-2-1-9-23-12/h1-6,9H,7-8H2,(H,17,21)(H,18,20)(H,19,22). The Morgan fingerprint density at radius 1 is 1.00 bits per heavy atom. The normalized spacial score (nSPS) is 9.96. The number of benzene rings is 1. The third-order valence-electron chi connectivity index (χ3n) is 2.80. The zero-order valence-corrected chi connectivity index (χ0v) is 13.5. The van der Waals surface area contributed by atoms with Crippen LogP contribution in [0.1, 0.15) is 26.5 Å². The molecule has 1 aromatic heterocycles. The minimum absolute atomic E-state index is 0.0457. The van der Waals surface area contributed by atoms with E-state index in [1.165, 1.54) is 11.3 Å². The Morgan fingerprint density at radius 3 is 2.39 bits per heavy atom. The average molecular weight is 352 g/mol. The molecule has 8 heteroatoms. The zero-order valence-electron chi connectivity index (χ0n) is 12.0. The van der Waals surface area contributed by atoms with Gasteiger partial charge in [-0.15, -0.1) is 11.3 Å². The summed E-state index contributed by atoms with van der Waals surface area (Å²) in [7, 11) is 0. The van der Waals surface area contributed by atoms with Crippen molar-refractivity contribution in [3.63, 3.8) is 0 Å². The number of amides is 3. The lowest BCUT2D eigenvalue weighted by Crippen LogP contribution is -2.42.